The van der Waals surface area contributed by atoms with Crippen LogP contribution in [0.15, 0.2) is 6.20 Å². The predicted molar refractivity (Wildman–Crippen MR) is 94.2 cm³/mol. The number of piperidine rings is 1. The number of amides is 1. The van der Waals surface area contributed by atoms with Crippen LogP contribution in [-0.4, -0.2) is 43.9 Å². The Balaban J connectivity index is 1.63. The number of thiazole rings is 1. The smallest absolute Gasteiger partial charge is 0.265 e. The van der Waals surface area contributed by atoms with E-state index in [1.807, 2.05) is 29.6 Å². The number of rotatable bonds is 5. The van der Waals surface area contributed by atoms with Crippen LogP contribution in [0.5, 0.6) is 0 Å². The Morgan fingerprint density at radius 1 is 1.42 bits per heavy atom. The van der Waals surface area contributed by atoms with Crippen molar-refractivity contribution in [3.63, 3.8) is 0 Å². The minimum absolute atomic E-state index is 0.132. The third-order valence-corrected chi connectivity index (χ3v) is 5.50. The van der Waals surface area contributed by atoms with Gasteiger partial charge in [0, 0.05) is 25.8 Å². The Morgan fingerprint density at radius 2 is 2.25 bits per heavy atom. The van der Waals surface area contributed by atoms with Gasteiger partial charge in [-0.15, -0.1) is 16.4 Å². The number of hydrogen-bond donors (Lipinski definition) is 0. The average Bonchev–Trinajstić information content (AvgIpc) is 3.13. The number of hydrogen-bond acceptors (Lipinski definition) is 5. The molecular weight excluding hydrogens is 322 g/mol. The van der Waals surface area contributed by atoms with E-state index >= 15 is 0 Å². The van der Waals surface area contributed by atoms with Gasteiger partial charge in [0.2, 0.25) is 0 Å². The molecule has 1 unspecified atom stereocenters. The van der Waals surface area contributed by atoms with Gasteiger partial charge in [-0.25, -0.2) is 4.98 Å². The normalized spacial score (nSPS) is 18.1. The first-order chi connectivity index (χ1) is 11.6. The summed E-state index contributed by atoms with van der Waals surface area (Å²) in [6.45, 7) is 8.48. The lowest BCUT2D eigenvalue weighted by Crippen LogP contribution is -2.41. The maximum Gasteiger partial charge on any atom is 0.265 e. The van der Waals surface area contributed by atoms with E-state index in [0.717, 1.165) is 66.6 Å². The zero-order valence-corrected chi connectivity index (χ0v) is 15.5. The number of nitrogens with zero attached hydrogens (tertiary/aromatic N) is 5. The summed E-state index contributed by atoms with van der Waals surface area (Å²) in [7, 11) is 0. The molecule has 7 heteroatoms. The molecule has 1 aliphatic heterocycles. The highest BCUT2D eigenvalue weighted by Gasteiger charge is 2.27. The summed E-state index contributed by atoms with van der Waals surface area (Å²) in [5.74, 6) is 0.571. The molecule has 0 aliphatic carbocycles. The van der Waals surface area contributed by atoms with E-state index in [1.165, 1.54) is 11.3 Å². The minimum atomic E-state index is 0.132. The lowest BCUT2D eigenvalue weighted by Gasteiger charge is -2.32. The first-order valence-electron chi connectivity index (χ1n) is 8.69. The molecule has 1 aliphatic rings. The fourth-order valence-electron chi connectivity index (χ4n) is 3.33. The summed E-state index contributed by atoms with van der Waals surface area (Å²) in [6.07, 6.45) is 6.27. The van der Waals surface area contributed by atoms with Gasteiger partial charge >= 0.3 is 0 Å². The highest BCUT2D eigenvalue weighted by molar-refractivity contribution is 7.13. The van der Waals surface area contributed by atoms with Crippen LogP contribution in [-0.2, 0) is 13.0 Å². The number of aromatic nitrogens is 4. The summed E-state index contributed by atoms with van der Waals surface area (Å²) >= 11 is 1.50. The molecule has 0 radical (unpaired) electrons. The number of carbonyl (C=O) groups is 1. The number of carbonyl (C=O) groups excluding carboxylic acids is 1. The van der Waals surface area contributed by atoms with Gasteiger partial charge in [-0.3, -0.25) is 9.48 Å². The van der Waals surface area contributed by atoms with Crippen LogP contribution in [0.2, 0.25) is 0 Å². The van der Waals surface area contributed by atoms with Crippen molar-refractivity contribution < 1.29 is 4.79 Å². The van der Waals surface area contributed by atoms with Crippen LogP contribution >= 0.6 is 11.3 Å². The van der Waals surface area contributed by atoms with Crippen molar-refractivity contribution in [2.24, 2.45) is 5.92 Å². The van der Waals surface area contributed by atoms with Gasteiger partial charge in [0.05, 0.1) is 16.4 Å². The van der Waals surface area contributed by atoms with Crippen molar-refractivity contribution in [3.05, 3.63) is 27.5 Å². The first kappa shape index (κ1) is 17.1. The molecule has 0 spiro atoms. The van der Waals surface area contributed by atoms with E-state index in [2.05, 4.69) is 22.2 Å². The minimum Gasteiger partial charge on any atom is -0.338 e. The molecule has 0 saturated carbocycles. The molecule has 6 nitrogen and oxygen atoms in total. The Kier molecular flexibility index (Phi) is 5.28. The van der Waals surface area contributed by atoms with E-state index in [0.29, 0.717) is 5.92 Å². The Labute approximate surface area is 146 Å². The second-order valence-electron chi connectivity index (χ2n) is 6.59. The largest absolute Gasteiger partial charge is 0.338 e. The summed E-state index contributed by atoms with van der Waals surface area (Å²) in [4.78, 5) is 19.9. The third kappa shape index (κ3) is 3.83. The van der Waals surface area contributed by atoms with Crippen molar-refractivity contribution >= 4 is 17.2 Å². The van der Waals surface area contributed by atoms with Crippen LogP contribution in [0.3, 0.4) is 0 Å². The predicted octanol–water partition coefficient (Wildman–Crippen LogP) is 2.86. The standard InChI is InChI=1S/C17H25N5OS/c1-4-6-15-11-22(20-19-15)10-14-7-5-8-21(9-14)17(23)16-12(2)18-13(3)24-16/h11,14H,4-10H2,1-3H3. The molecule has 24 heavy (non-hydrogen) atoms. The molecule has 2 aromatic heterocycles. The topological polar surface area (TPSA) is 63.9 Å². The van der Waals surface area contributed by atoms with Gasteiger partial charge < -0.3 is 4.90 Å². The van der Waals surface area contributed by atoms with Crippen LogP contribution in [0, 0.1) is 19.8 Å². The van der Waals surface area contributed by atoms with Crippen molar-refractivity contribution in [1.29, 1.82) is 0 Å². The summed E-state index contributed by atoms with van der Waals surface area (Å²) in [5.41, 5.74) is 1.90. The lowest BCUT2D eigenvalue weighted by molar-refractivity contribution is 0.0663. The molecular formula is C17H25N5OS. The molecule has 3 rings (SSSR count). The molecule has 1 atom stereocenters. The van der Waals surface area contributed by atoms with Crippen LogP contribution < -0.4 is 0 Å². The zero-order chi connectivity index (χ0) is 17.1. The molecule has 1 saturated heterocycles. The summed E-state index contributed by atoms with van der Waals surface area (Å²) in [5, 5.41) is 9.40. The Bertz CT molecular complexity index is 708. The van der Waals surface area contributed by atoms with Crippen molar-refractivity contribution in [3.8, 4) is 0 Å². The van der Waals surface area contributed by atoms with Gasteiger partial charge in [0.25, 0.3) is 5.91 Å². The molecule has 0 aromatic carbocycles. The maximum atomic E-state index is 12.8. The number of aryl methyl sites for hydroxylation is 3. The summed E-state index contributed by atoms with van der Waals surface area (Å²) in [6, 6.07) is 0. The first-order valence-corrected chi connectivity index (χ1v) is 9.50. The Morgan fingerprint density at radius 3 is 2.96 bits per heavy atom. The second kappa shape index (κ2) is 7.42. The molecule has 2 aromatic rings. The number of likely N-dealkylation sites (tertiary alicyclic amines) is 1. The van der Waals surface area contributed by atoms with E-state index in [1.54, 1.807) is 0 Å². The van der Waals surface area contributed by atoms with Gasteiger partial charge in [-0.1, -0.05) is 18.6 Å². The Hall–Kier alpha value is -1.76. The maximum absolute atomic E-state index is 12.8. The molecule has 1 fully saturated rings. The lowest BCUT2D eigenvalue weighted by atomic mass is 9.98. The molecule has 130 valence electrons. The van der Waals surface area contributed by atoms with E-state index in [9.17, 15) is 4.79 Å². The molecule has 0 bridgehead atoms. The van der Waals surface area contributed by atoms with Crippen molar-refractivity contribution in [2.75, 3.05) is 13.1 Å². The van der Waals surface area contributed by atoms with Gasteiger partial charge in [0.15, 0.2) is 0 Å². The monoisotopic (exact) mass is 347 g/mol. The van der Waals surface area contributed by atoms with E-state index in [-0.39, 0.29) is 5.91 Å². The van der Waals surface area contributed by atoms with E-state index in [4.69, 9.17) is 0 Å². The average molecular weight is 347 g/mol. The van der Waals surface area contributed by atoms with E-state index < -0.39 is 0 Å². The van der Waals surface area contributed by atoms with Crippen molar-refractivity contribution in [2.45, 2.75) is 53.0 Å². The highest BCUT2D eigenvalue weighted by Crippen LogP contribution is 2.24. The summed E-state index contributed by atoms with van der Waals surface area (Å²) < 4.78 is 1.94. The van der Waals surface area contributed by atoms with Crippen molar-refractivity contribution in [1.82, 2.24) is 24.9 Å². The van der Waals surface area contributed by atoms with Crippen LogP contribution in [0.25, 0.3) is 0 Å². The van der Waals surface area contributed by atoms with Crippen LogP contribution in [0.1, 0.15) is 52.3 Å². The van der Waals surface area contributed by atoms with Gasteiger partial charge in [0.1, 0.15) is 4.88 Å². The zero-order valence-electron chi connectivity index (χ0n) is 14.7. The van der Waals surface area contributed by atoms with Gasteiger partial charge in [-0.05, 0) is 39.0 Å². The molecule has 1 amide bonds. The quantitative estimate of drug-likeness (QED) is 0.834. The fourth-order valence-corrected chi connectivity index (χ4v) is 4.22. The molecule has 3 heterocycles. The van der Waals surface area contributed by atoms with Crippen LogP contribution in [0.4, 0.5) is 0 Å². The SMILES string of the molecule is CCCc1cn(CC2CCCN(C(=O)c3sc(C)nc3C)C2)nn1. The fraction of sp³-hybridized carbons (Fsp3) is 0.647. The van der Waals surface area contributed by atoms with Gasteiger partial charge in [-0.2, -0.15) is 0 Å². The third-order valence-electron chi connectivity index (χ3n) is 4.44. The highest BCUT2D eigenvalue weighted by atomic mass is 32.1. The molecule has 0 N–H and O–H groups in total. The second-order valence-corrected chi connectivity index (χ2v) is 7.79.